The summed E-state index contributed by atoms with van der Waals surface area (Å²) in [6.45, 7) is 0.472. The second-order valence-corrected chi connectivity index (χ2v) is 3.43. The Morgan fingerprint density at radius 2 is 2.40 bits per heavy atom. The van der Waals surface area contributed by atoms with Crippen LogP contribution in [-0.4, -0.2) is 24.9 Å². The van der Waals surface area contributed by atoms with Crippen LogP contribution < -0.4 is 0 Å². The van der Waals surface area contributed by atoms with Crippen LogP contribution in [0.2, 0.25) is 0 Å². The van der Waals surface area contributed by atoms with E-state index in [1.54, 1.807) is 17.0 Å². The van der Waals surface area contributed by atoms with Gasteiger partial charge < -0.3 is 14.7 Å². The zero-order chi connectivity index (χ0) is 10.7. The van der Waals surface area contributed by atoms with Crippen LogP contribution >= 0.6 is 12.2 Å². The first-order valence-electron chi connectivity index (χ1n) is 4.46. The molecule has 0 saturated carbocycles. The number of imidazole rings is 1. The van der Waals surface area contributed by atoms with Gasteiger partial charge in [0.15, 0.2) is 4.77 Å². The number of nitrogens with one attached hydrogen (secondary N) is 1. The van der Waals surface area contributed by atoms with Crippen molar-refractivity contribution in [1.29, 1.82) is 0 Å². The lowest BCUT2D eigenvalue weighted by Crippen LogP contribution is -2.06. The molecule has 78 valence electrons. The van der Waals surface area contributed by atoms with E-state index in [0.717, 1.165) is 11.4 Å². The van der Waals surface area contributed by atoms with Crippen molar-refractivity contribution in [2.24, 2.45) is 0 Å². The van der Waals surface area contributed by atoms with Crippen LogP contribution in [0.1, 0.15) is 11.4 Å². The van der Waals surface area contributed by atoms with Crippen molar-refractivity contribution < 1.29 is 5.11 Å². The SMILES string of the molecule is OCc1c[nH]c(=S)n1Cc1cccnn1. The molecule has 2 aromatic heterocycles. The van der Waals surface area contributed by atoms with Gasteiger partial charge in [-0.25, -0.2) is 0 Å². The normalized spacial score (nSPS) is 10.5. The third-order valence-electron chi connectivity index (χ3n) is 2.06. The number of aliphatic hydroxyl groups is 1. The molecule has 0 amide bonds. The molecule has 0 aliphatic carbocycles. The van der Waals surface area contributed by atoms with E-state index in [-0.39, 0.29) is 6.61 Å². The molecular formula is C9H10N4OS. The number of aromatic nitrogens is 4. The molecule has 2 aromatic rings. The summed E-state index contributed by atoms with van der Waals surface area (Å²) >= 11 is 5.09. The lowest BCUT2D eigenvalue weighted by atomic mass is 10.4. The molecule has 0 fully saturated rings. The highest BCUT2D eigenvalue weighted by Gasteiger charge is 2.04. The monoisotopic (exact) mass is 222 g/mol. The highest BCUT2D eigenvalue weighted by molar-refractivity contribution is 7.71. The van der Waals surface area contributed by atoms with Gasteiger partial charge in [-0.05, 0) is 24.4 Å². The maximum absolute atomic E-state index is 9.09. The zero-order valence-electron chi connectivity index (χ0n) is 7.92. The fraction of sp³-hybridized carbons (Fsp3) is 0.222. The fourth-order valence-corrected chi connectivity index (χ4v) is 1.56. The summed E-state index contributed by atoms with van der Waals surface area (Å²) in [5, 5.41) is 16.8. The van der Waals surface area contributed by atoms with Crippen molar-refractivity contribution in [2.45, 2.75) is 13.2 Å². The Labute approximate surface area is 91.4 Å². The van der Waals surface area contributed by atoms with Crippen molar-refractivity contribution in [1.82, 2.24) is 19.7 Å². The first kappa shape index (κ1) is 10.0. The molecule has 0 spiro atoms. The molecule has 0 unspecified atom stereocenters. The molecule has 2 heterocycles. The minimum absolute atomic E-state index is 0.0482. The number of aromatic amines is 1. The molecule has 5 nitrogen and oxygen atoms in total. The quantitative estimate of drug-likeness (QED) is 0.756. The first-order valence-corrected chi connectivity index (χ1v) is 4.86. The van der Waals surface area contributed by atoms with Gasteiger partial charge in [-0.2, -0.15) is 10.2 Å². The summed E-state index contributed by atoms with van der Waals surface area (Å²) < 4.78 is 2.36. The van der Waals surface area contributed by atoms with Gasteiger partial charge in [0.1, 0.15) is 0 Å². The summed E-state index contributed by atoms with van der Waals surface area (Å²) in [5.74, 6) is 0. The maximum Gasteiger partial charge on any atom is 0.177 e. The first-order chi connectivity index (χ1) is 7.31. The molecule has 0 bridgehead atoms. The summed E-state index contributed by atoms with van der Waals surface area (Å²) in [6.07, 6.45) is 3.31. The van der Waals surface area contributed by atoms with Gasteiger partial charge >= 0.3 is 0 Å². The van der Waals surface area contributed by atoms with E-state index in [9.17, 15) is 0 Å². The average Bonchev–Trinajstić information content (AvgIpc) is 2.62. The smallest absolute Gasteiger partial charge is 0.177 e. The van der Waals surface area contributed by atoms with Crippen LogP contribution in [-0.2, 0) is 13.2 Å². The van der Waals surface area contributed by atoms with Gasteiger partial charge in [-0.1, -0.05) is 0 Å². The number of H-pyrrole nitrogens is 1. The molecule has 15 heavy (non-hydrogen) atoms. The zero-order valence-corrected chi connectivity index (χ0v) is 8.74. The number of hydrogen-bond donors (Lipinski definition) is 2. The molecule has 6 heteroatoms. The van der Waals surface area contributed by atoms with Crippen molar-refractivity contribution in [3.63, 3.8) is 0 Å². The fourth-order valence-electron chi connectivity index (χ4n) is 1.32. The van der Waals surface area contributed by atoms with E-state index in [2.05, 4.69) is 15.2 Å². The van der Waals surface area contributed by atoms with E-state index in [1.807, 2.05) is 12.1 Å². The van der Waals surface area contributed by atoms with Crippen molar-refractivity contribution in [2.75, 3.05) is 0 Å². The van der Waals surface area contributed by atoms with Crippen LogP contribution in [0.25, 0.3) is 0 Å². The van der Waals surface area contributed by atoms with Gasteiger partial charge in [-0.15, -0.1) is 0 Å². The third-order valence-corrected chi connectivity index (χ3v) is 2.40. The number of rotatable bonds is 3. The van der Waals surface area contributed by atoms with Gasteiger partial charge in [0.05, 0.1) is 24.5 Å². The van der Waals surface area contributed by atoms with Gasteiger partial charge in [0, 0.05) is 12.4 Å². The molecular weight excluding hydrogens is 212 g/mol. The predicted octanol–water partition coefficient (Wildman–Crippen LogP) is 0.876. The number of nitrogens with zero attached hydrogens (tertiary/aromatic N) is 3. The Bertz CT molecular complexity index is 490. The standard InChI is InChI=1S/C9H10N4OS/c14-6-8-4-10-9(15)13(8)5-7-2-1-3-11-12-7/h1-4,14H,5-6H2,(H,10,15). The Hall–Kier alpha value is -1.53. The molecule has 0 atom stereocenters. The van der Waals surface area contributed by atoms with Crippen molar-refractivity contribution in [3.05, 3.63) is 40.7 Å². The molecule has 2 N–H and O–H groups in total. The average molecular weight is 222 g/mol. The molecule has 0 aliphatic rings. The Kier molecular flexibility index (Phi) is 2.89. The minimum Gasteiger partial charge on any atom is -0.390 e. The van der Waals surface area contributed by atoms with Crippen LogP contribution in [0, 0.1) is 4.77 Å². The topological polar surface area (TPSA) is 66.7 Å². The van der Waals surface area contributed by atoms with E-state index in [1.165, 1.54) is 0 Å². The largest absolute Gasteiger partial charge is 0.390 e. The van der Waals surface area contributed by atoms with Gasteiger partial charge in [0.2, 0.25) is 0 Å². The second kappa shape index (κ2) is 4.33. The molecule has 0 radical (unpaired) electrons. The Balaban J connectivity index is 2.32. The summed E-state index contributed by atoms with van der Waals surface area (Å²) in [4.78, 5) is 2.88. The molecule has 0 saturated heterocycles. The molecule has 0 aliphatic heterocycles. The van der Waals surface area contributed by atoms with Crippen LogP contribution in [0.3, 0.4) is 0 Å². The lowest BCUT2D eigenvalue weighted by molar-refractivity contribution is 0.271. The van der Waals surface area contributed by atoms with E-state index < -0.39 is 0 Å². The van der Waals surface area contributed by atoms with Crippen molar-refractivity contribution >= 4 is 12.2 Å². The highest BCUT2D eigenvalue weighted by Crippen LogP contribution is 2.05. The molecule has 2 rings (SSSR count). The van der Waals surface area contributed by atoms with Crippen LogP contribution in [0.5, 0.6) is 0 Å². The Morgan fingerprint density at radius 3 is 3.07 bits per heavy atom. The van der Waals surface area contributed by atoms with E-state index >= 15 is 0 Å². The van der Waals surface area contributed by atoms with Crippen LogP contribution in [0.4, 0.5) is 0 Å². The Morgan fingerprint density at radius 1 is 1.53 bits per heavy atom. The number of aliphatic hydroxyl groups excluding tert-OH is 1. The lowest BCUT2D eigenvalue weighted by Gasteiger charge is -2.04. The van der Waals surface area contributed by atoms with E-state index in [0.29, 0.717) is 11.3 Å². The summed E-state index contributed by atoms with van der Waals surface area (Å²) in [7, 11) is 0. The second-order valence-electron chi connectivity index (χ2n) is 3.04. The third kappa shape index (κ3) is 2.11. The number of hydrogen-bond acceptors (Lipinski definition) is 4. The highest BCUT2D eigenvalue weighted by atomic mass is 32.1. The van der Waals surface area contributed by atoms with Crippen LogP contribution in [0.15, 0.2) is 24.5 Å². The maximum atomic E-state index is 9.09. The summed E-state index contributed by atoms with van der Waals surface area (Å²) in [5.41, 5.74) is 1.55. The van der Waals surface area contributed by atoms with Gasteiger partial charge in [-0.3, -0.25) is 0 Å². The predicted molar refractivity (Wildman–Crippen MR) is 56.7 cm³/mol. The van der Waals surface area contributed by atoms with Gasteiger partial charge in [0.25, 0.3) is 0 Å². The van der Waals surface area contributed by atoms with E-state index in [4.69, 9.17) is 17.3 Å². The minimum atomic E-state index is -0.0482. The molecule has 0 aromatic carbocycles. The summed E-state index contributed by atoms with van der Waals surface area (Å²) in [6, 6.07) is 3.68. The van der Waals surface area contributed by atoms with Crippen molar-refractivity contribution in [3.8, 4) is 0 Å².